The second-order valence-corrected chi connectivity index (χ2v) is 5.44. The first-order valence-corrected chi connectivity index (χ1v) is 7.01. The van der Waals surface area contributed by atoms with E-state index in [-0.39, 0.29) is 0 Å². The van der Waals surface area contributed by atoms with Crippen molar-refractivity contribution >= 4 is 11.7 Å². The van der Waals surface area contributed by atoms with E-state index in [1.54, 1.807) is 0 Å². The van der Waals surface area contributed by atoms with Crippen LogP contribution >= 0.6 is 0 Å². The van der Waals surface area contributed by atoms with Crippen molar-refractivity contribution in [3.8, 4) is 0 Å². The zero-order valence-electron chi connectivity index (χ0n) is 11.0. The molecule has 0 radical (unpaired) electrons. The number of benzene rings is 1. The van der Waals surface area contributed by atoms with Gasteiger partial charge < -0.3 is 10.0 Å². The largest absolute Gasteiger partial charge is 0.478 e. The number of fused-ring (bicyclic) bond motifs is 1. The highest BCUT2D eigenvalue weighted by molar-refractivity contribution is 5.80. The Hall–Kier alpha value is -1.77. The average molecular weight is 257 g/mol. The standard InChI is InChI=1S/C16H19NO2/c18-16(19)11-12-5-7-14(8-6-12)17-10-9-13-3-1-2-4-15(13)17/h1-4,11,14H,5-10H2,(H,18,19). The summed E-state index contributed by atoms with van der Waals surface area (Å²) in [7, 11) is 0. The van der Waals surface area contributed by atoms with Crippen LogP contribution in [-0.4, -0.2) is 23.7 Å². The molecule has 0 bridgehead atoms. The summed E-state index contributed by atoms with van der Waals surface area (Å²) in [5, 5.41) is 8.79. The predicted molar refractivity (Wildman–Crippen MR) is 75.5 cm³/mol. The monoisotopic (exact) mass is 257 g/mol. The molecule has 1 fully saturated rings. The number of carboxylic acids is 1. The Morgan fingerprint density at radius 2 is 1.95 bits per heavy atom. The van der Waals surface area contributed by atoms with Crippen molar-refractivity contribution in [1.29, 1.82) is 0 Å². The Bertz CT molecular complexity index is 511. The molecule has 0 spiro atoms. The van der Waals surface area contributed by atoms with Gasteiger partial charge in [-0.2, -0.15) is 0 Å². The van der Waals surface area contributed by atoms with Gasteiger partial charge in [0.2, 0.25) is 0 Å². The highest BCUT2D eigenvalue weighted by Crippen LogP contribution is 2.35. The van der Waals surface area contributed by atoms with E-state index in [1.165, 1.54) is 17.3 Å². The molecular formula is C16H19NO2. The molecule has 1 aliphatic carbocycles. The molecule has 1 aliphatic heterocycles. The van der Waals surface area contributed by atoms with Crippen LogP contribution < -0.4 is 4.90 Å². The number of anilines is 1. The summed E-state index contributed by atoms with van der Waals surface area (Å²) in [4.78, 5) is 13.2. The van der Waals surface area contributed by atoms with E-state index in [9.17, 15) is 4.79 Å². The van der Waals surface area contributed by atoms with Gasteiger partial charge in [-0.3, -0.25) is 0 Å². The summed E-state index contributed by atoms with van der Waals surface area (Å²) in [6.07, 6.45) is 6.55. The Labute approximate surface area is 113 Å². The molecule has 1 aromatic rings. The third-order valence-corrected chi connectivity index (χ3v) is 4.29. The quantitative estimate of drug-likeness (QED) is 0.828. The summed E-state index contributed by atoms with van der Waals surface area (Å²) in [5.74, 6) is -0.806. The predicted octanol–water partition coefficient (Wildman–Crippen LogP) is 3.00. The maximum atomic E-state index is 10.7. The van der Waals surface area contributed by atoms with E-state index in [2.05, 4.69) is 29.2 Å². The van der Waals surface area contributed by atoms with E-state index in [0.29, 0.717) is 6.04 Å². The van der Waals surface area contributed by atoms with E-state index in [0.717, 1.165) is 44.2 Å². The molecule has 0 unspecified atom stereocenters. The Balaban J connectivity index is 1.69. The number of nitrogens with zero attached hydrogens (tertiary/aromatic N) is 1. The van der Waals surface area contributed by atoms with Gasteiger partial charge in [0.05, 0.1) is 0 Å². The SMILES string of the molecule is O=C(O)C=C1CCC(N2CCc3ccccc32)CC1. The lowest BCUT2D eigenvalue weighted by Gasteiger charge is -2.34. The minimum atomic E-state index is -0.806. The van der Waals surface area contributed by atoms with Crippen molar-refractivity contribution < 1.29 is 9.90 Å². The molecule has 100 valence electrons. The summed E-state index contributed by atoms with van der Waals surface area (Å²) in [6, 6.07) is 9.22. The number of hydrogen-bond acceptors (Lipinski definition) is 2. The molecular weight excluding hydrogens is 238 g/mol. The van der Waals surface area contributed by atoms with E-state index >= 15 is 0 Å². The van der Waals surface area contributed by atoms with Crippen molar-refractivity contribution in [2.75, 3.05) is 11.4 Å². The molecule has 19 heavy (non-hydrogen) atoms. The molecule has 2 aliphatic rings. The summed E-state index contributed by atoms with van der Waals surface area (Å²) in [6.45, 7) is 1.11. The van der Waals surface area contributed by atoms with Crippen LogP contribution in [0.5, 0.6) is 0 Å². The van der Waals surface area contributed by atoms with Gasteiger partial charge in [0.15, 0.2) is 0 Å². The molecule has 3 nitrogen and oxygen atoms in total. The maximum absolute atomic E-state index is 10.7. The zero-order valence-corrected chi connectivity index (χ0v) is 11.0. The fourth-order valence-electron chi connectivity index (χ4n) is 3.35. The second-order valence-electron chi connectivity index (χ2n) is 5.44. The highest BCUT2D eigenvalue weighted by atomic mass is 16.4. The maximum Gasteiger partial charge on any atom is 0.328 e. The van der Waals surface area contributed by atoms with Crippen molar-refractivity contribution in [2.45, 2.75) is 38.1 Å². The van der Waals surface area contributed by atoms with Crippen LogP contribution in [0.2, 0.25) is 0 Å². The lowest BCUT2D eigenvalue weighted by atomic mass is 9.89. The highest BCUT2D eigenvalue weighted by Gasteiger charge is 2.27. The van der Waals surface area contributed by atoms with Gasteiger partial charge in [0.25, 0.3) is 0 Å². The molecule has 0 atom stereocenters. The van der Waals surface area contributed by atoms with Gasteiger partial charge in [-0.1, -0.05) is 23.8 Å². The molecule has 0 aromatic heterocycles. The number of carbonyl (C=O) groups is 1. The van der Waals surface area contributed by atoms with Gasteiger partial charge in [-0.15, -0.1) is 0 Å². The van der Waals surface area contributed by atoms with Crippen molar-refractivity contribution in [1.82, 2.24) is 0 Å². The number of allylic oxidation sites excluding steroid dienone is 1. The third kappa shape index (κ3) is 2.50. The molecule has 1 heterocycles. The third-order valence-electron chi connectivity index (χ3n) is 4.29. The first kappa shape index (κ1) is 12.3. The van der Waals surface area contributed by atoms with Crippen LogP contribution in [0.15, 0.2) is 35.9 Å². The zero-order chi connectivity index (χ0) is 13.2. The van der Waals surface area contributed by atoms with E-state index in [1.807, 2.05) is 0 Å². The lowest BCUT2D eigenvalue weighted by molar-refractivity contribution is -0.131. The Morgan fingerprint density at radius 1 is 1.21 bits per heavy atom. The van der Waals surface area contributed by atoms with Crippen molar-refractivity contribution in [3.05, 3.63) is 41.5 Å². The first-order valence-electron chi connectivity index (χ1n) is 7.01. The fraction of sp³-hybridized carbons (Fsp3) is 0.438. The van der Waals surface area contributed by atoms with Crippen LogP contribution in [-0.2, 0) is 11.2 Å². The number of aliphatic carboxylic acids is 1. The minimum absolute atomic E-state index is 0.578. The smallest absolute Gasteiger partial charge is 0.328 e. The van der Waals surface area contributed by atoms with Gasteiger partial charge in [0, 0.05) is 24.4 Å². The van der Waals surface area contributed by atoms with Gasteiger partial charge >= 0.3 is 5.97 Å². The Kier molecular flexibility index (Phi) is 3.28. The van der Waals surface area contributed by atoms with E-state index in [4.69, 9.17) is 5.11 Å². The number of hydrogen-bond donors (Lipinski definition) is 1. The van der Waals surface area contributed by atoms with Gasteiger partial charge in [-0.05, 0) is 43.7 Å². The molecule has 1 aromatic carbocycles. The van der Waals surface area contributed by atoms with E-state index < -0.39 is 5.97 Å². The molecule has 3 heteroatoms. The van der Waals surface area contributed by atoms with Crippen LogP contribution in [0.25, 0.3) is 0 Å². The summed E-state index contributed by atoms with van der Waals surface area (Å²) < 4.78 is 0. The average Bonchev–Trinajstić information content (AvgIpc) is 2.83. The van der Waals surface area contributed by atoms with Crippen LogP contribution in [0.1, 0.15) is 31.2 Å². The molecule has 3 rings (SSSR count). The Morgan fingerprint density at radius 3 is 2.68 bits per heavy atom. The number of para-hydroxylation sites is 1. The molecule has 0 amide bonds. The second kappa shape index (κ2) is 5.08. The van der Waals surface area contributed by atoms with Crippen molar-refractivity contribution in [2.24, 2.45) is 0 Å². The van der Waals surface area contributed by atoms with Crippen molar-refractivity contribution in [3.63, 3.8) is 0 Å². The van der Waals surface area contributed by atoms with Crippen LogP contribution in [0, 0.1) is 0 Å². The number of rotatable bonds is 2. The molecule has 1 N–H and O–H groups in total. The summed E-state index contributed by atoms with van der Waals surface area (Å²) in [5.41, 5.74) is 3.93. The fourth-order valence-corrected chi connectivity index (χ4v) is 3.35. The van der Waals surface area contributed by atoms with Gasteiger partial charge in [0.1, 0.15) is 0 Å². The van der Waals surface area contributed by atoms with Crippen LogP contribution in [0.3, 0.4) is 0 Å². The first-order chi connectivity index (χ1) is 9.24. The summed E-state index contributed by atoms with van der Waals surface area (Å²) >= 11 is 0. The topological polar surface area (TPSA) is 40.5 Å². The number of carboxylic acid groups (broad SMARTS) is 1. The lowest BCUT2D eigenvalue weighted by Crippen LogP contribution is -2.35. The molecule has 0 saturated heterocycles. The van der Waals surface area contributed by atoms with Gasteiger partial charge in [-0.25, -0.2) is 4.79 Å². The minimum Gasteiger partial charge on any atom is -0.478 e. The molecule has 1 saturated carbocycles. The normalized spacial score (nSPS) is 22.2. The van der Waals surface area contributed by atoms with Crippen LogP contribution in [0.4, 0.5) is 5.69 Å².